The molecule has 1 unspecified atom stereocenters. The second-order valence-electron chi connectivity index (χ2n) is 3.85. The lowest BCUT2D eigenvalue weighted by molar-refractivity contribution is 0.0757. The van der Waals surface area contributed by atoms with Gasteiger partial charge in [0.2, 0.25) is 0 Å². The van der Waals surface area contributed by atoms with Gasteiger partial charge < -0.3 is 5.11 Å². The summed E-state index contributed by atoms with van der Waals surface area (Å²) in [6.07, 6.45) is 5.33. The summed E-state index contributed by atoms with van der Waals surface area (Å²) < 4.78 is 0.943. The molecule has 1 heterocycles. The quantitative estimate of drug-likeness (QED) is 0.946. The summed E-state index contributed by atoms with van der Waals surface area (Å²) in [6.45, 7) is 1.94. The lowest BCUT2D eigenvalue weighted by Crippen LogP contribution is -2.26. The zero-order valence-electron chi connectivity index (χ0n) is 9.47. The summed E-state index contributed by atoms with van der Waals surface area (Å²) in [6, 6.07) is 7.66. The first-order chi connectivity index (χ1) is 8.16. The van der Waals surface area contributed by atoms with Gasteiger partial charge >= 0.3 is 0 Å². The van der Waals surface area contributed by atoms with E-state index in [9.17, 15) is 5.11 Å². The minimum atomic E-state index is -1.04. The highest BCUT2D eigenvalue weighted by molar-refractivity contribution is 9.10. The van der Waals surface area contributed by atoms with Crippen LogP contribution in [0.2, 0.25) is 0 Å². The summed E-state index contributed by atoms with van der Waals surface area (Å²) in [5.41, 5.74) is 0.509. The van der Waals surface area contributed by atoms with E-state index >= 15 is 0 Å². The Balaban J connectivity index is 2.52. The molecule has 0 spiro atoms. The predicted molar refractivity (Wildman–Crippen MR) is 69.5 cm³/mol. The van der Waals surface area contributed by atoms with Crippen molar-refractivity contribution >= 4 is 15.9 Å². The molecule has 88 valence electrons. The molecule has 1 aromatic heterocycles. The van der Waals surface area contributed by atoms with Crippen molar-refractivity contribution in [2.45, 2.75) is 18.9 Å². The molecule has 1 aromatic carbocycles. The van der Waals surface area contributed by atoms with Crippen LogP contribution in [0.15, 0.2) is 47.5 Å². The van der Waals surface area contributed by atoms with Gasteiger partial charge in [-0.05, 0) is 24.1 Å². The van der Waals surface area contributed by atoms with Crippen molar-refractivity contribution < 1.29 is 5.11 Å². The zero-order valence-corrected chi connectivity index (χ0v) is 11.1. The van der Waals surface area contributed by atoms with Gasteiger partial charge in [-0.15, -0.1) is 0 Å². The van der Waals surface area contributed by atoms with Crippen LogP contribution in [0.25, 0.3) is 0 Å². The number of nitrogens with zero attached hydrogens (tertiary/aromatic N) is 2. The maximum absolute atomic E-state index is 10.8. The SMILES string of the molecule is CCC(O)(c1cncnc1)c1cccc(Br)c1. The molecular weight excluding hydrogens is 280 g/mol. The van der Waals surface area contributed by atoms with Crippen molar-refractivity contribution in [2.75, 3.05) is 0 Å². The van der Waals surface area contributed by atoms with E-state index < -0.39 is 5.60 Å². The first kappa shape index (κ1) is 12.2. The van der Waals surface area contributed by atoms with Crippen molar-refractivity contribution in [3.63, 3.8) is 0 Å². The van der Waals surface area contributed by atoms with Gasteiger partial charge in [-0.2, -0.15) is 0 Å². The second-order valence-corrected chi connectivity index (χ2v) is 4.77. The monoisotopic (exact) mass is 292 g/mol. The second kappa shape index (κ2) is 4.94. The molecule has 0 saturated carbocycles. The van der Waals surface area contributed by atoms with Gasteiger partial charge in [0.05, 0.1) is 0 Å². The van der Waals surface area contributed by atoms with Crippen molar-refractivity contribution in [1.29, 1.82) is 0 Å². The molecule has 0 bridgehead atoms. The normalized spacial score (nSPS) is 14.3. The third-order valence-electron chi connectivity index (χ3n) is 2.85. The summed E-state index contributed by atoms with van der Waals surface area (Å²) in [5, 5.41) is 10.8. The van der Waals surface area contributed by atoms with Crippen LogP contribution in [0, 0.1) is 0 Å². The zero-order chi connectivity index (χ0) is 12.3. The Labute approximate surface area is 109 Å². The Hall–Kier alpha value is -1.26. The number of hydrogen-bond donors (Lipinski definition) is 1. The van der Waals surface area contributed by atoms with Gasteiger partial charge in [0.25, 0.3) is 0 Å². The summed E-state index contributed by atoms with van der Waals surface area (Å²) in [7, 11) is 0. The van der Waals surface area contributed by atoms with E-state index in [4.69, 9.17) is 0 Å². The molecule has 1 atom stereocenters. The average molecular weight is 293 g/mol. The van der Waals surface area contributed by atoms with Crippen LogP contribution in [0.1, 0.15) is 24.5 Å². The molecule has 0 saturated heterocycles. The minimum absolute atomic E-state index is 0.566. The van der Waals surface area contributed by atoms with E-state index in [1.807, 2.05) is 31.2 Å². The smallest absolute Gasteiger partial charge is 0.117 e. The lowest BCUT2D eigenvalue weighted by atomic mass is 9.86. The highest BCUT2D eigenvalue weighted by Crippen LogP contribution is 2.33. The van der Waals surface area contributed by atoms with Crippen LogP contribution in [0.4, 0.5) is 0 Å². The first-order valence-electron chi connectivity index (χ1n) is 5.40. The third-order valence-corrected chi connectivity index (χ3v) is 3.35. The molecule has 17 heavy (non-hydrogen) atoms. The van der Waals surface area contributed by atoms with E-state index in [1.54, 1.807) is 12.4 Å². The predicted octanol–water partition coefficient (Wildman–Crippen LogP) is 2.89. The van der Waals surface area contributed by atoms with E-state index in [-0.39, 0.29) is 0 Å². The molecular formula is C13H13BrN2O. The fourth-order valence-corrected chi connectivity index (χ4v) is 2.23. The van der Waals surface area contributed by atoms with Crippen LogP contribution in [-0.4, -0.2) is 15.1 Å². The van der Waals surface area contributed by atoms with Gasteiger partial charge in [-0.3, -0.25) is 0 Å². The van der Waals surface area contributed by atoms with Gasteiger partial charge in [-0.25, -0.2) is 9.97 Å². The molecule has 0 aliphatic rings. The lowest BCUT2D eigenvalue weighted by Gasteiger charge is -2.27. The van der Waals surface area contributed by atoms with Crippen LogP contribution in [-0.2, 0) is 5.60 Å². The number of aliphatic hydroxyl groups is 1. The topological polar surface area (TPSA) is 46.0 Å². The van der Waals surface area contributed by atoms with Crippen molar-refractivity contribution in [3.05, 3.63) is 58.6 Å². The maximum atomic E-state index is 10.8. The van der Waals surface area contributed by atoms with Crippen LogP contribution < -0.4 is 0 Å². The van der Waals surface area contributed by atoms with Crippen LogP contribution in [0.3, 0.4) is 0 Å². The fourth-order valence-electron chi connectivity index (χ4n) is 1.83. The molecule has 0 aliphatic heterocycles. The van der Waals surface area contributed by atoms with Gasteiger partial charge in [0.15, 0.2) is 0 Å². The van der Waals surface area contributed by atoms with E-state index in [0.29, 0.717) is 12.0 Å². The van der Waals surface area contributed by atoms with E-state index in [2.05, 4.69) is 25.9 Å². The molecule has 4 heteroatoms. The van der Waals surface area contributed by atoms with Crippen molar-refractivity contribution in [2.24, 2.45) is 0 Å². The largest absolute Gasteiger partial charge is 0.380 e. The Kier molecular flexibility index (Phi) is 3.54. The number of hydrogen-bond acceptors (Lipinski definition) is 3. The van der Waals surface area contributed by atoms with Crippen molar-refractivity contribution in [1.82, 2.24) is 9.97 Å². The Morgan fingerprint density at radius 2 is 1.94 bits per heavy atom. The first-order valence-corrected chi connectivity index (χ1v) is 6.20. The van der Waals surface area contributed by atoms with Crippen LogP contribution >= 0.6 is 15.9 Å². The summed E-state index contributed by atoms with van der Waals surface area (Å²) in [5.74, 6) is 0. The fraction of sp³-hybridized carbons (Fsp3) is 0.231. The van der Waals surface area contributed by atoms with Crippen molar-refractivity contribution in [3.8, 4) is 0 Å². The maximum Gasteiger partial charge on any atom is 0.117 e. The molecule has 2 rings (SSSR count). The minimum Gasteiger partial charge on any atom is -0.380 e. The highest BCUT2D eigenvalue weighted by Gasteiger charge is 2.30. The number of benzene rings is 1. The van der Waals surface area contributed by atoms with Gasteiger partial charge in [-0.1, -0.05) is 35.0 Å². The van der Waals surface area contributed by atoms with Gasteiger partial charge in [0.1, 0.15) is 11.9 Å². The van der Waals surface area contributed by atoms with Crippen LogP contribution in [0.5, 0.6) is 0 Å². The Morgan fingerprint density at radius 3 is 2.53 bits per heavy atom. The molecule has 0 amide bonds. The highest BCUT2D eigenvalue weighted by atomic mass is 79.9. The van der Waals surface area contributed by atoms with E-state index in [0.717, 1.165) is 10.0 Å². The number of rotatable bonds is 3. The van der Waals surface area contributed by atoms with Gasteiger partial charge in [0, 0.05) is 22.4 Å². The Bertz CT molecular complexity index is 504. The Morgan fingerprint density at radius 1 is 1.24 bits per heavy atom. The third kappa shape index (κ3) is 2.37. The molecule has 2 aromatic rings. The number of aromatic nitrogens is 2. The molecule has 1 N–H and O–H groups in total. The standard InChI is InChI=1S/C13H13BrN2O/c1-2-13(17,11-7-15-9-16-8-11)10-4-3-5-12(14)6-10/h3-9,17H,2H2,1H3. The average Bonchev–Trinajstić information content (AvgIpc) is 2.39. The summed E-state index contributed by atoms with van der Waals surface area (Å²) >= 11 is 3.41. The summed E-state index contributed by atoms with van der Waals surface area (Å²) in [4.78, 5) is 7.93. The van der Waals surface area contributed by atoms with E-state index in [1.165, 1.54) is 6.33 Å². The molecule has 3 nitrogen and oxygen atoms in total. The molecule has 0 aliphatic carbocycles. The molecule has 0 radical (unpaired) electrons. The number of halogens is 1. The molecule has 0 fully saturated rings.